The average Bonchev–Trinajstić information content (AvgIpc) is 2.89. The first kappa shape index (κ1) is 30.9. The zero-order valence-electron chi connectivity index (χ0n) is 23.5. The van der Waals surface area contributed by atoms with Gasteiger partial charge < -0.3 is 35.2 Å². The summed E-state index contributed by atoms with van der Waals surface area (Å²) in [5.74, 6) is -0.627. The smallest absolute Gasteiger partial charge is 0.323 e. The van der Waals surface area contributed by atoms with Crippen molar-refractivity contribution in [3.63, 3.8) is 0 Å². The first-order valence-corrected chi connectivity index (χ1v) is 12.7. The number of aliphatic carboxylic acids is 1. The van der Waals surface area contributed by atoms with Crippen molar-refractivity contribution in [2.24, 2.45) is 0 Å². The molecule has 11 heteroatoms. The van der Waals surface area contributed by atoms with E-state index in [-0.39, 0.29) is 24.8 Å². The van der Waals surface area contributed by atoms with Gasteiger partial charge in [0.05, 0.1) is 25.6 Å². The Morgan fingerprint density at radius 1 is 0.949 bits per heavy atom. The maximum atomic E-state index is 12.8. The normalized spacial score (nSPS) is 11.2. The van der Waals surface area contributed by atoms with E-state index >= 15 is 0 Å². The molecule has 1 unspecified atom stereocenters. The standard InChI is InChI=1S/C28H39N5O6/c1-19-10-7-8-11-22(19)29-27(37)30-23-13-12-21(17-24(23)39-6)18-25(34)31(3)14-9-15-32(4)28(38)33(5)20(2)16-26(35)36/h7-8,10-13,17,20H,9,14-16,18H2,1-6H3,(H,35,36)(H2,29,30,37). The maximum absolute atomic E-state index is 12.8. The highest BCUT2D eigenvalue weighted by molar-refractivity contribution is 6.01. The Kier molecular flexibility index (Phi) is 11.6. The molecule has 2 rings (SSSR count). The first-order valence-electron chi connectivity index (χ1n) is 12.7. The fraction of sp³-hybridized carbons (Fsp3) is 0.429. The molecule has 0 aliphatic heterocycles. The van der Waals surface area contributed by atoms with Crippen molar-refractivity contribution in [1.82, 2.24) is 14.7 Å². The third-order valence-corrected chi connectivity index (χ3v) is 6.44. The lowest BCUT2D eigenvalue weighted by Gasteiger charge is -2.29. The van der Waals surface area contributed by atoms with Crippen molar-refractivity contribution in [3.8, 4) is 5.75 Å². The number of carboxylic acids is 1. The summed E-state index contributed by atoms with van der Waals surface area (Å²) < 4.78 is 5.43. The number of aryl methyl sites for hydroxylation is 1. The van der Waals surface area contributed by atoms with Gasteiger partial charge in [0.2, 0.25) is 5.91 Å². The van der Waals surface area contributed by atoms with Crippen LogP contribution in [0.1, 0.15) is 30.9 Å². The van der Waals surface area contributed by atoms with Gasteiger partial charge in [-0.15, -0.1) is 0 Å². The van der Waals surface area contributed by atoms with E-state index in [1.54, 1.807) is 51.2 Å². The highest BCUT2D eigenvalue weighted by Gasteiger charge is 2.21. The average molecular weight is 542 g/mol. The van der Waals surface area contributed by atoms with Gasteiger partial charge in [0.25, 0.3) is 0 Å². The van der Waals surface area contributed by atoms with Crippen LogP contribution in [0.3, 0.4) is 0 Å². The zero-order chi connectivity index (χ0) is 29.1. The maximum Gasteiger partial charge on any atom is 0.323 e. The summed E-state index contributed by atoms with van der Waals surface area (Å²) >= 11 is 0. The van der Waals surface area contributed by atoms with Crippen molar-refractivity contribution in [1.29, 1.82) is 0 Å². The van der Waals surface area contributed by atoms with Crippen LogP contribution in [0.4, 0.5) is 21.0 Å². The minimum absolute atomic E-state index is 0.101. The van der Waals surface area contributed by atoms with Crippen molar-refractivity contribution in [3.05, 3.63) is 53.6 Å². The molecule has 0 saturated carbocycles. The summed E-state index contributed by atoms with van der Waals surface area (Å²) in [5.41, 5.74) is 2.85. The largest absolute Gasteiger partial charge is 0.495 e. The number of amides is 5. The van der Waals surface area contributed by atoms with Crippen molar-refractivity contribution >= 4 is 35.3 Å². The van der Waals surface area contributed by atoms with Crippen LogP contribution in [-0.4, -0.2) is 91.1 Å². The fourth-order valence-electron chi connectivity index (χ4n) is 3.86. The van der Waals surface area contributed by atoms with Crippen LogP contribution in [-0.2, 0) is 16.0 Å². The van der Waals surface area contributed by atoms with Crippen molar-refractivity contribution in [2.45, 2.75) is 39.2 Å². The Hall–Kier alpha value is -4.28. The van der Waals surface area contributed by atoms with Crippen LogP contribution >= 0.6 is 0 Å². The van der Waals surface area contributed by atoms with E-state index in [2.05, 4.69) is 10.6 Å². The van der Waals surface area contributed by atoms with E-state index in [1.807, 2.05) is 31.2 Å². The number of rotatable bonds is 12. The van der Waals surface area contributed by atoms with Gasteiger partial charge in [-0.3, -0.25) is 9.59 Å². The van der Waals surface area contributed by atoms with Gasteiger partial charge in [0.1, 0.15) is 5.75 Å². The predicted molar refractivity (Wildman–Crippen MR) is 150 cm³/mol. The number of carbonyl (C=O) groups excluding carboxylic acids is 3. The van der Waals surface area contributed by atoms with Crippen LogP contribution in [0, 0.1) is 6.92 Å². The molecule has 1 atom stereocenters. The summed E-state index contributed by atoms with van der Waals surface area (Å²) in [6.45, 7) is 4.45. The number of hydrogen-bond donors (Lipinski definition) is 3. The Bertz CT molecular complexity index is 1170. The van der Waals surface area contributed by atoms with Gasteiger partial charge in [0.15, 0.2) is 0 Å². The van der Waals surface area contributed by atoms with E-state index in [1.165, 1.54) is 16.9 Å². The van der Waals surface area contributed by atoms with Crippen LogP contribution in [0.25, 0.3) is 0 Å². The lowest BCUT2D eigenvalue weighted by Crippen LogP contribution is -2.44. The quantitative estimate of drug-likeness (QED) is 0.374. The molecule has 0 bridgehead atoms. The Morgan fingerprint density at radius 3 is 2.23 bits per heavy atom. The summed E-state index contributed by atoms with van der Waals surface area (Å²) in [7, 11) is 6.43. The molecule has 212 valence electrons. The monoisotopic (exact) mass is 541 g/mol. The second-order valence-electron chi connectivity index (χ2n) is 9.54. The van der Waals surface area contributed by atoms with Crippen LogP contribution in [0.15, 0.2) is 42.5 Å². The number of ether oxygens (including phenoxy) is 1. The van der Waals surface area contributed by atoms with Crippen molar-refractivity contribution < 1.29 is 29.0 Å². The third kappa shape index (κ3) is 9.51. The fourth-order valence-corrected chi connectivity index (χ4v) is 3.86. The molecule has 3 N–H and O–H groups in total. The van der Waals surface area contributed by atoms with Crippen molar-refractivity contribution in [2.75, 3.05) is 52.0 Å². The number of nitrogens with one attached hydrogen (secondary N) is 2. The number of benzene rings is 2. The second kappa shape index (κ2) is 14.6. The van der Waals surface area contributed by atoms with Gasteiger partial charge in [-0.2, -0.15) is 0 Å². The first-order chi connectivity index (χ1) is 18.4. The molecule has 0 aliphatic rings. The predicted octanol–water partition coefficient (Wildman–Crippen LogP) is 3.89. The summed E-state index contributed by atoms with van der Waals surface area (Å²) in [4.78, 5) is 53.2. The van der Waals surface area contributed by atoms with E-state index in [4.69, 9.17) is 9.84 Å². The molecule has 0 fully saturated rings. The SMILES string of the molecule is COc1cc(CC(=O)N(C)CCCN(C)C(=O)N(C)C(C)CC(=O)O)ccc1NC(=O)Nc1ccccc1C. The van der Waals surface area contributed by atoms with E-state index in [9.17, 15) is 19.2 Å². The molecule has 39 heavy (non-hydrogen) atoms. The van der Waals surface area contributed by atoms with E-state index in [0.717, 1.165) is 11.1 Å². The molecule has 2 aromatic rings. The summed E-state index contributed by atoms with van der Waals surface area (Å²) in [6, 6.07) is 11.5. The van der Waals surface area contributed by atoms with Gasteiger partial charge >= 0.3 is 18.0 Å². The topological polar surface area (TPSA) is 132 Å². The van der Waals surface area contributed by atoms with Gasteiger partial charge in [-0.25, -0.2) is 9.59 Å². The van der Waals surface area contributed by atoms with Crippen LogP contribution in [0.5, 0.6) is 5.75 Å². The third-order valence-electron chi connectivity index (χ3n) is 6.44. The van der Waals surface area contributed by atoms with Gasteiger partial charge in [-0.1, -0.05) is 24.3 Å². The number of para-hydroxylation sites is 1. The lowest BCUT2D eigenvalue weighted by molar-refractivity contribution is -0.138. The van der Waals surface area contributed by atoms with Gasteiger partial charge in [0, 0.05) is 46.0 Å². The molecular formula is C28H39N5O6. The highest BCUT2D eigenvalue weighted by Crippen LogP contribution is 2.26. The molecule has 0 saturated heterocycles. The lowest BCUT2D eigenvalue weighted by atomic mass is 10.1. The molecule has 11 nitrogen and oxygen atoms in total. The number of nitrogens with zero attached hydrogens (tertiary/aromatic N) is 3. The minimum atomic E-state index is -0.961. The number of anilines is 2. The number of likely N-dealkylation sites (N-methyl/N-ethyl adjacent to an activating group) is 1. The number of urea groups is 2. The molecule has 0 aliphatic carbocycles. The van der Waals surface area contributed by atoms with E-state index in [0.29, 0.717) is 36.6 Å². The minimum Gasteiger partial charge on any atom is -0.495 e. The zero-order valence-corrected chi connectivity index (χ0v) is 23.5. The molecule has 5 amide bonds. The molecule has 2 aromatic carbocycles. The number of carbonyl (C=O) groups is 4. The molecule has 0 aromatic heterocycles. The molecule has 0 spiro atoms. The summed E-state index contributed by atoms with van der Waals surface area (Å²) in [6.07, 6.45) is 0.580. The molecular weight excluding hydrogens is 502 g/mol. The molecule has 0 heterocycles. The summed E-state index contributed by atoms with van der Waals surface area (Å²) in [5, 5.41) is 14.5. The Morgan fingerprint density at radius 2 is 1.59 bits per heavy atom. The molecule has 0 radical (unpaired) electrons. The number of methoxy groups -OCH3 is 1. The number of carboxylic acid groups (broad SMARTS) is 1. The Labute approximate surface area is 229 Å². The van der Waals surface area contributed by atoms with Crippen LogP contribution in [0.2, 0.25) is 0 Å². The number of hydrogen-bond acceptors (Lipinski definition) is 5. The highest BCUT2D eigenvalue weighted by atomic mass is 16.5. The Balaban J connectivity index is 1.87. The van der Waals surface area contributed by atoms with Crippen LogP contribution < -0.4 is 15.4 Å². The second-order valence-corrected chi connectivity index (χ2v) is 9.54. The van der Waals surface area contributed by atoms with E-state index < -0.39 is 18.0 Å². The van der Waals surface area contributed by atoms with Gasteiger partial charge in [-0.05, 0) is 49.6 Å².